The Labute approximate surface area is 208 Å². The SMILES string of the molecule is O=C(NN=Cc1cc(Cc2ccccc2)cc(/C=N/NC(=O)c2ccccc2)c1O)c1ccccc1. The van der Waals surface area contributed by atoms with Gasteiger partial charge in [0.25, 0.3) is 11.8 Å². The molecule has 0 bridgehead atoms. The van der Waals surface area contributed by atoms with Crippen LogP contribution in [0.3, 0.4) is 0 Å². The van der Waals surface area contributed by atoms with Crippen molar-refractivity contribution in [3.05, 3.63) is 137 Å². The van der Waals surface area contributed by atoms with Crippen LogP contribution in [0.4, 0.5) is 0 Å². The Morgan fingerprint density at radius 3 is 1.50 bits per heavy atom. The molecule has 0 aromatic heterocycles. The molecule has 0 aliphatic carbocycles. The fourth-order valence-corrected chi connectivity index (χ4v) is 3.50. The highest BCUT2D eigenvalue weighted by atomic mass is 16.3. The van der Waals surface area contributed by atoms with E-state index >= 15 is 0 Å². The van der Waals surface area contributed by atoms with Crippen LogP contribution in [0, 0.1) is 0 Å². The number of nitrogens with zero attached hydrogens (tertiary/aromatic N) is 2. The van der Waals surface area contributed by atoms with Crippen LogP contribution >= 0.6 is 0 Å². The van der Waals surface area contributed by atoms with Crippen molar-refractivity contribution >= 4 is 24.2 Å². The highest BCUT2D eigenvalue weighted by Gasteiger charge is 2.10. The average Bonchev–Trinajstić information content (AvgIpc) is 2.92. The quantitative estimate of drug-likeness (QED) is 0.257. The molecule has 2 amide bonds. The van der Waals surface area contributed by atoms with E-state index in [-0.39, 0.29) is 17.6 Å². The van der Waals surface area contributed by atoms with Gasteiger partial charge in [0.1, 0.15) is 5.75 Å². The molecule has 7 nitrogen and oxygen atoms in total. The van der Waals surface area contributed by atoms with E-state index in [4.69, 9.17) is 0 Å². The summed E-state index contributed by atoms with van der Waals surface area (Å²) in [6, 6.07) is 30.9. The van der Waals surface area contributed by atoms with E-state index in [1.165, 1.54) is 12.4 Å². The summed E-state index contributed by atoms with van der Waals surface area (Å²) in [7, 11) is 0. The van der Waals surface area contributed by atoms with Crippen LogP contribution in [0.2, 0.25) is 0 Å². The number of nitrogens with one attached hydrogen (secondary N) is 2. The van der Waals surface area contributed by atoms with Crippen molar-refractivity contribution in [1.29, 1.82) is 0 Å². The first kappa shape index (κ1) is 24.1. The van der Waals surface area contributed by atoms with Gasteiger partial charge in [0.2, 0.25) is 0 Å². The Kier molecular flexibility index (Phi) is 7.96. The van der Waals surface area contributed by atoms with Crippen molar-refractivity contribution in [2.75, 3.05) is 0 Å². The molecule has 4 rings (SSSR count). The first-order chi connectivity index (χ1) is 17.6. The highest BCUT2D eigenvalue weighted by molar-refractivity contribution is 5.97. The van der Waals surface area contributed by atoms with Gasteiger partial charge in [0.15, 0.2) is 0 Å². The maximum absolute atomic E-state index is 12.3. The van der Waals surface area contributed by atoms with E-state index in [0.717, 1.165) is 11.1 Å². The van der Waals surface area contributed by atoms with Gasteiger partial charge in [0.05, 0.1) is 12.4 Å². The van der Waals surface area contributed by atoms with Crippen LogP contribution < -0.4 is 10.9 Å². The van der Waals surface area contributed by atoms with Crippen LogP contribution in [0.25, 0.3) is 0 Å². The first-order valence-electron chi connectivity index (χ1n) is 11.3. The summed E-state index contributed by atoms with van der Waals surface area (Å²) in [5.41, 5.74) is 8.65. The minimum absolute atomic E-state index is 0.0813. The molecule has 178 valence electrons. The first-order valence-corrected chi connectivity index (χ1v) is 11.3. The summed E-state index contributed by atoms with van der Waals surface area (Å²) >= 11 is 0. The molecule has 0 saturated carbocycles. The zero-order valence-corrected chi connectivity index (χ0v) is 19.3. The molecule has 0 spiro atoms. The van der Waals surface area contributed by atoms with Crippen LogP contribution in [0.1, 0.15) is 43.0 Å². The molecule has 0 unspecified atom stereocenters. The van der Waals surface area contributed by atoms with Crippen molar-refractivity contribution in [1.82, 2.24) is 10.9 Å². The second-order valence-electron chi connectivity index (χ2n) is 7.92. The standard InChI is InChI=1S/C29H24N4O3/c34-27-25(19-30-32-28(35)23-12-6-2-7-13-23)17-22(16-21-10-4-1-5-11-21)18-26(27)20-31-33-29(36)24-14-8-3-9-15-24/h1-15,17-20,34H,16H2,(H,32,35)(H,33,36)/b30-19+,31-20?. The number of carbonyl (C=O) groups excluding carboxylic acids is 2. The minimum Gasteiger partial charge on any atom is -0.507 e. The number of phenolic OH excluding ortho intramolecular Hbond substituents is 1. The summed E-state index contributed by atoms with van der Waals surface area (Å²) in [5, 5.41) is 18.9. The maximum atomic E-state index is 12.3. The molecule has 4 aromatic rings. The minimum atomic E-state index is -0.364. The molecule has 0 fully saturated rings. The van der Waals surface area contributed by atoms with Gasteiger partial charge in [-0.15, -0.1) is 0 Å². The summed E-state index contributed by atoms with van der Waals surface area (Å²) in [4.78, 5) is 24.5. The topological polar surface area (TPSA) is 103 Å². The second-order valence-corrected chi connectivity index (χ2v) is 7.92. The van der Waals surface area contributed by atoms with Gasteiger partial charge in [-0.3, -0.25) is 9.59 Å². The number of hydrazone groups is 2. The predicted molar refractivity (Wildman–Crippen MR) is 140 cm³/mol. The Bertz CT molecular complexity index is 1300. The molecule has 0 heterocycles. The van der Waals surface area contributed by atoms with Crippen LogP contribution in [-0.2, 0) is 6.42 Å². The number of phenols is 1. The summed E-state index contributed by atoms with van der Waals surface area (Å²) < 4.78 is 0. The number of hydrogen-bond acceptors (Lipinski definition) is 5. The van der Waals surface area contributed by atoms with E-state index in [2.05, 4.69) is 21.1 Å². The van der Waals surface area contributed by atoms with Gasteiger partial charge in [-0.1, -0.05) is 66.7 Å². The molecule has 0 atom stereocenters. The van der Waals surface area contributed by atoms with E-state index in [0.29, 0.717) is 28.7 Å². The van der Waals surface area contributed by atoms with Crippen molar-refractivity contribution in [2.45, 2.75) is 6.42 Å². The van der Waals surface area contributed by atoms with Gasteiger partial charge in [-0.2, -0.15) is 10.2 Å². The predicted octanol–water partition coefficient (Wildman–Crippen LogP) is 4.51. The zero-order valence-electron chi connectivity index (χ0n) is 19.3. The van der Waals surface area contributed by atoms with Gasteiger partial charge in [-0.05, 0) is 53.9 Å². The van der Waals surface area contributed by atoms with Crippen LogP contribution in [0.5, 0.6) is 5.75 Å². The van der Waals surface area contributed by atoms with Crippen LogP contribution in [0.15, 0.2) is 113 Å². The number of carbonyl (C=O) groups is 2. The van der Waals surface area contributed by atoms with E-state index in [9.17, 15) is 14.7 Å². The second kappa shape index (κ2) is 11.9. The zero-order chi connectivity index (χ0) is 25.2. The van der Waals surface area contributed by atoms with Gasteiger partial charge in [0, 0.05) is 22.3 Å². The lowest BCUT2D eigenvalue weighted by Gasteiger charge is -2.09. The molecule has 0 aliphatic heterocycles. The number of rotatable bonds is 8. The molecule has 0 saturated heterocycles. The Morgan fingerprint density at radius 2 is 1.06 bits per heavy atom. The molecule has 4 aromatic carbocycles. The summed E-state index contributed by atoms with van der Waals surface area (Å²) in [6.45, 7) is 0. The summed E-state index contributed by atoms with van der Waals surface area (Å²) in [6.07, 6.45) is 3.37. The fraction of sp³-hybridized carbons (Fsp3) is 0.0345. The lowest BCUT2D eigenvalue weighted by molar-refractivity contribution is 0.0947. The molecular weight excluding hydrogens is 452 g/mol. The smallest absolute Gasteiger partial charge is 0.271 e. The van der Waals surface area contributed by atoms with Gasteiger partial charge >= 0.3 is 0 Å². The number of amides is 2. The highest BCUT2D eigenvalue weighted by Crippen LogP contribution is 2.24. The molecule has 0 radical (unpaired) electrons. The average molecular weight is 477 g/mol. The molecule has 0 aliphatic rings. The molecule has 7 heteroatoms. The van der Waals surface area contributed by atoms with Crippen molar-refractivity contribution in [2.24, 2.45) is 10.2 Å². The van der Waals surface area contributed by atoms with E-state index < -0.39 is 0 Å². The van der Waals surface area contributed by atoms with E-state index in [1.54, 1.807) is 60.7 Å². The lowest BCUT2D eigenvalue weighted by atomic mass is 9.99. The van der Waals surface area contributed by atoms with Crippen molar-refractivity contribution in [3.63, 3.8) is 0 Å². The Balaban J connectivity index is 1.56. The normalized spacial score (nSPS) is 11.0. The molecular formula is C29H24N4O3. The Hall–Kier alpha value is -5.04. The third-order valence-electron chi connectivity index (χ3n) is 5.29. The number of hydrogen-bond donors (Lipinski definition) is 3. The van der Waals surface area contributed by atoms with E-state index in [1.807, 2.05) is 42.5 Å². The maximum Gasteiger partial charge on any atom is 0.271 e. The van der Waals surface area contributed by atoms with Crippen LogP contribution in [-0.4, -0.2) is 29.4 Å². The van der Waals surface area contributed by atoms with Gasteiger partial charge in [-0.25, -0.2) is 10.9 Å². The summed E-state index contributed by atoms with van der Waals surface area (Å²) in [5.74, 6) is -0.809. The largest absolute Gasteiger partial charge is 0.507 e. The van der Waals surface area contributed by atoms with Crippen molar-refractivity contribution in [3.8, 4) is 5.75 Å². The third kappa shape index (κ3) is 6.51. The van der Waals surface area contributed by atoms with Gasteiger partial charge < -0.3 is 5.11 Å². The molecule has 36 heavy (non-hydrogen) atoms. The van der Waals surface area contributed by atoms with Crippen molar-refractivity contribution < 1.29 is 14.7 Å². The lowest BCUT2D eigenvalue weighted by Crippen LogP contribution is -2.17. The molecule has 3 N–H and O–H groups in total. The fourth-order valence-electron chi connectivity index (χ4n) is 3.50. The number of aromatic hydroxyl groups is 1. The monoisotopic (exact) mass is 476 g/mol. The Morgan fingerprint density at radius 1 is 0.639 bits per heavy atom. The number of benzene rings is 4. The third-order valence-corrected chi connectivity index (χ3v) is 5.29.